The second kappa shape index (κ2) is 7.86. The molecule has 3 aromatic rings. The van der Waals surface area contributed by atoms with Crippen molar-refractivity contribution in [2.45, 2.75) is 31.6 Å². The van der Waals surface area contributed by atoms with Crippen LogP contribution in [0.2, 0.25) is 0 Å². The monoisotopic (exact) mass is 448 g/mol. The molecule has 142 valence electrons. The molecule has 1 heterocycles. The van der Waals surface area contributed by atoms with Crippen molar-refractivity contribution in [3.63, 3.8) is 0 Å². The van der Waals surface area contributed by atoms with Gasteiger partial charge in [0, 0.05) is 16.1 Å². The molecule has 1 aromatic heterocycles. The number of sulfonamides is 1. The lowest BCUT2D eigenvalue weighted by molar-refractivity contribution is 0.343. The van der Waals surface area contributed by atoms with Crippen molar-refractivity contribution in [2.24, 2.45) is 0 Å². The van der Waals surface area contributed by atoms with Crippen molar-refractivity contribution in [1.82, 2.24) is 4.98 Å². The number of nitrogens with zero attached hydrogens (tertiary/aromatic N) is 1. The molecular formula is C20H21BrN2O3S. The number of hydrogen-bond donors (Lipinski definition) is 1. The minimum atomic E-state index is -3.80. The summed E-state index contributed by atoms with van der Waals surface area (Å²) in [7, 11) is -3.80. The number of rotatable bonds is 6. The average molecular weight is 449 g/mol. The van der Waals surface area contributed by atoms with Crippen molar-refractivity contribution < 1.29 is 13.2 Å². The Bertz CT molecular complexity index is 1080. The maximum atomic E-state index is 13.1. The molecular weight excluding hydrogens is 428 g/mol. The maximum Gasteiger partial charge on any atom is 0.262 e. The summed E-state index contributed by atoms with van der Waals surface area (Å²) in [5.41, 5.74) is 2.14. The van der Waals surface area contributed by atoms with Gasteiger partial charge in [0.05, 0.1) is 17.2 Å². The summed E-state index contributed by atoms with van der Waals surface area (Å²) in [4.78, 5) is 4.46. The summed E-state index contributed by atoms with van der Waals surface area (Å²) < 4.78 is 35.1. The minimum absolute atomic E-state index is 0.161. The maximum absolute atomic E-state index is 13.1. The average Bonchev–Trinajstić information content (AvgIpc) is 2.63. The molecule has 0 fully saturated rings. The molecule has 0 aliphatic heterocycles. The van der Waals surface area contributed by atoms with Gasteiger partial charge >= 0.3 is 0 Å². The number of halogens is 1. The zero-order chi connectivity index (χ0) is 19.6. The van der Waals surface area contributed by atoms with Crippen molar-refractivity contribution in [3.05, 3.63) is 58.7 Å². The van der Waals surface area contributed by atoms with E-state index in [1.54, 1.807) is 36.5 Å². The molecule has 0 spiro atoms. The van der Waals surface area contributed by atoms with Gasteiger partial charge in [-0.2, -0.15) is 0 Å². The van der Waals surface area contributed by atoms with E-state index in [1.807, 2.05) is 19.1 Å². The third-order valence-corrected chi connectivity index (χ3v) is 6.27. The largest absolute Gasteiger partial charge is 0.492 e. The van der Waals surface area contributed by atoms with E-state index in [4.69, 9.17) is 4.74 Å². The topological polar surface area (TPSA) is 68.3 Å². The Labute approximate surface area is 168 Å². The lowest BCUT2D eigenvalue weighted by Crippen LogP contribution is -2.14. The van der Waals surface area contributed by atoms with Crippen LogP contribution in [0.25, 0.3) is 10.9 Å². The van der Waals surface area contributed by atoms with Gasteiger partial charge in [0.25, 0.3) is 10.0 Å². The summed E-state index contributed by atoms with van der Waals surface area (Å²) in [6.45, 7) is 6.53. The van der Waals surface area contributed by atoms with Crippen LogP contribution in [-0.2, 0) is 10.0 Å². The summed E-state index contributed by atoms with van der Waals surface area (Å²) in [6.07, 6.45) is 1.62. The molecule has 27 heavy (non-hydrogen) atoms. The van der Waals surface area contributed by atoms with Crippen LogP contribution in [0.5, 0.6) is 5.75 Å². The summed E-state index contributed by atoms with van der Waals surface area (Å²) in [6, 6.07) is 12.3. The number of anilines is 1. The first-order valence-corrected chi connectivity index (χ1v) is 10.9. The Morgan fingerprint density at radius 3 is 2.63 bits per heavy atom. The number of fused-ring (bicyclic) bond motifs is 1. The summed E-state index contributed by atoms with van der Waals surface area (Å²) in [5.74, 6) is 0.919. The van der Waals surface area contributed by atoms with Crippen LogP contribution in [-0.4, -0.2) is 20.0 Å². The predicted octanol–water partition coefficient (Wildman–Crippen LogP) is 5.32. The van der Waals surface area contributed by atoms with Gasteiger partial charge in [-0.25, -0.2) is 8.42 Å². The zero-order valence-corrected chi connectivity index (χ0v) is 17.8. The highest BCUT2D eigenvalue weighted by atomic mass is 79.9. The third-order valence-electron chi connectivity index (χ3n) is 4.19. The Balaban J connectivity index is 2.05. The molecule has 5 nitrogen and oxygen atoms in total. The fraction of sp³-hybridized carbons (Fsp3) is 0.250. The fourth-order valence-electron chi connectivity index (χ4n) is 2.80. The Kier molecular flexibility index (Phi) is 5.72. The minimum Gasteiger partial charge on any atom is -0.492 e. The van der Waals surface area contributed by atoms with E-state index in [9.17, 15) is 8.42 Å². The van der Waals surface area contributed by atoms with Gasteiger partial charge in [-0.05, 0) is 70.7 Å². The molecule has 0 bridgehead atoms. The van der Waals surface area contributed by atoms with Crippen LogP contribution in [0, 0.1) is 0 Å². The van der Waals surface area contributed by atoms with Crippen LogP contribution < -0.4 is 9.46 Å². The quantitative estimate of drug-likeness (QED) is 0.553. The van der Waals surface area contributed by atoms with Crippen LogP contribution in [0.15, 0.2) is 58.0 Å². The van der Waals surface area contributed by atoms with Crippen LogP contribution >= 0.6 is 15.9 Å². The molecule has 0 unspecified atom stereocenters. The van der Waals surface area contributed by atoms with Gasteiger partial charge in [-0.1, -0.05) is 19.9 Å². The highest BCUT2D eigenvalue weighted by Crippen LogP contribution is 2.33. The SMILES string of the molecule is CCOc1ccc(S(=O)(=O)Nc2ccc(C(C)C)cc2Br)c2cccnc12. The van der Waals surface area contributed by atoms with E-state index >= 15 is 0 Å². The smallest absolute Gasteiger partial charge is 0.262 e. The first kappa shape index (κ1) is 19.6. The first-order valence-electron chi connectivity index (χ1n) is 8.66. The Morgan fingerprint density at radius 2 is 1.96 bits per heavy atom. The number of ether oxygens (including phenoxy) is 1. The van der Waals surface area contributed by atoms with Crippen molar-refractivity contribution in [2.75, 3.05) is 11.3 Å². The second-order valence-corrected chi connectivity index (χ2v) is 8.90. The van der Waals surface area contributed by atoms with Gasteiger partial charge < -0.3 is 4.74 Å². The lowest BCUT2D eigenvalue weighted by atomic mass is 10.0. The van der Waals surface area contributed by atoms with Gasteiger partial charge in [0.15, 0.2) is 0 Å². The number of pyridine rings is 1. The lowest BCUT2D eigenvalue weighted by Gasteiger charge is -2.15. The molecule has 7 heteroatoms. The van der Waals surface area contributed by atoms with Gasteiger partial charge in [-0.15, -0.1) is 0 Å². The third kappa shape index (κ3) is 4.09. The number of hydrogen-bond acceptors (Lipinski definition) is 4. The fourth-order valence-corrected chi connectivity index (χ4v) is 4.71. The van der Waals surface area contributed by atoms with E-state index in [0.29, 0.717) is 39.3 Å². The normalized spacial score (nSPS) is 11.7. The molecule has 0 saturated carbocycles. The van der Waals surface area contributed by atoms with Gasteiger partial charge in [0.2, 0.25) is 0 Å². The van der Waals surface area contributed by atoms with Gasteiger partial charge in [-0.3, -0.25) is 9.71 Å². The van der Waals surface area contributed by atoms with Crippen LogP contribution in [0.3, 0.4) is 0 Å². The van der Waals surface area contributed by atoms with E-state index < -0.39 is 10.0 Å². The van der Waals surface area contributed by atoms with Crippen molar-refractivity contribution in [3.8, 4) is 5.75 Å². The standard InChI is InChI=1S/C20H21BrN2O3S/c1-4-26-18-9-10-19(15-6-5-11-22-20(15)18)27(24,25)23-17-8-7-14(13(2)3)12-16(17)21/h5-13,23H,4H2,1-3H3. The molecule has 1 N–H and O–H groups in total. The highest BCUT2D eigenvalue weighted by Gasteiger charge is 2.21. The Hall–Kier alpha value is -2.12. The second-order valence-electron chi connectivity index (χ2n) is 6.39. The zero-order valence-electron chi connectivity index (χ0n) is 15.4. The molecule has 2 aromatic carbocycles. The van der Waals surface area contributed by atoms with E-state index in [1.165, 1.54) is 0 Å². The van der Waals surface area contributed by atoms with Gasteiger partial charge in [0.1, 0.15) is 11.3 Å². The molecule has 0 radical (unpaired) electrons. The Morgan fingerprint density at radius 1 is 1.19 bits per heavy atom. The summed E-state index contributed by atoms with van der Waals surface area (Å²) in [5, 5.41) is 0.519. The van der Waals surface area contributed by atoms with Crippen molar-refractivity contribution in [1.29, 1.82) is 0 Å². The number of aromatic nitrogens is 1. The van der Waals surface area contributed by atoms with Crippen LogP contribution in [0.1, 0.15) is 32.3 Å². The molecule has 0 aliphatic carbocycles. The van der Waals surface area contributed by atoms with E-state index in [2.05, 4.69) is 39.5 Å². The highest BCUT2D eigenvalue weighted by molar-refractivity contribution is 9.10. The molecule has 0 aliphatic rings. The molecule has 3 rings (SSSR count). The number of nitrogens with one attached hydrogen (secondary N) is 1. The number of benzene rings is 2. The first-order chi connectivity index (χ1) is 12.8. The van der Waals surface area contributed by atoms with E-state index in [-0.39, 0.29) is 4.90 Å². The predicted molar refractivity (Wildman–Crippen MR) is 112 cm³/mol. The summed E-state index contributed by atoms with van der Waals surface area (Å²) >= 11 is 3.46. The van der Waals surface area contributed by atoms with Crippen LogP contribution in [0.4, 0.5) is 5.69 Å². The molecule has 0 amide bonds. The molecule has 0 saturated heterocycles. The molecule has 0 atom stereocenters. The van der Waals surface area contributed by atoms with E-state index in [0.717, 1.165) is 5.56 Å². The van der Waals surface area contributed by atoms with Crippen molar-refractivity contribution >= 4 is 42.5 Å².